The van der Waals surface area contributed by atoms with Gasteiger partial charge in [-0.2, -0.15) is 0 Å². The summed E-state index contributed by atoms with van der Waals surface area (Å²) in [6, 6.07) is 6.54. The van der Waals surface area contributed by atoms with Crippen LogP contribution in [-0.2, 0) is 0 Å². The monoisotopic (exact) mass is 236 g/mol. The van der Waals surface area contributed by atoms with Crippen LogP contribution in [-0.4, -0.2) is 11.0 Å². The molecule has 1 rings (SSSR count). The van der Waals surface area contributed by atoms with Gasteiger partial charge in [0.1, 0.15) is 4.99 Å². The number of benzene rings is 1. The zero-order valence-corrected chi connectivity index (χ0v) is 11.2. The van der Waals surface area contributed by atoms with Gasteiger partial charge in [0.05, 0.1) is 0 Å². The SMILES string of the molecule is Cc1ccc(NC(C)C(C)C)c(C(N)=S)c1. The lowest BCUT2D eigenvalue weighted by Gasteiger charge is -2.21. The number of aryl methyl sites for hydroxylation is 1. The molecule has 0 aliphatic carbocycles. The van der Waals surface area contributed by atoms with E-state index in [1.54, 1.807) is 0 Å². The number of anilines is 1. The van der Waals surface area contributed by atoms with Crippen molar-refractivity contribution in [3.8, 4) is 0 Å². The largest absolute Gasteiger partial charge is 0.389 e. The molecule has 0 bridgehead atoms. The molecule has 1 aromatic carbocycles. The molecule has 0 spiro atoms. The Morgan fingerprint density at radius 1 is 1.31 bits per heavy atom. The topological polar surface area (TPSA) is 38.0 Å². The molecule has 88 valence electrons. The molecule has 0 saturated heterocycles. The summed E-state index contributed by atoms with van der Waals surface area (Å²) in [6.45, 7) is 8.57. The molecule has 0 fully saturated rings. The van der Waals surface area contributed by atoms with Gasteiger partial charge in [0.2, 0.25) is 0 Å². The molecule has 3 N–H and O–H groups in total. The number of rotatable bonds is 4. The summed E-state index contributed by atoms with van der Waals surface area (Å²) in [6.07, 6.45) is 0. The van der Waals surface area contributed by atoms with Crippen LogP contribution in [0.3, 0.4) is 0 Å². The quantitative estimate of drug-likeness (QED) is 0.789. The van der Waals surface area contributed by atoms with E-state index in [1.807, 2.05) is 19.1 Å². The molecule has 0 heterocycles. The standard InChI is InChI=1S/C13H20N2S/c1-8(2)10(4)15-12-6-5-9(3)7-11(12)13(14)16/h5-8,10,15H,1-4H3,(H2,14,16). The summed E-state index contributed by atoms with van der Waals surface area (Å²) in [5.41, 5.74) is 8.86. The Balaban J connectivity index is 2.99. The first kappa shape index (κ1) is 13.0. The Morgan fingerprint density at radius 2 is 1.94 bits per heavy atom. The van der Waals surface area contributed by atoms with E-state index >= 15 is 0 Å². The lowest BCUT2D eigenvalue weighted by atomic mass is 10.0. The molecular formula is C13H20N2S. The van der Waals surface area contributed by atoms with E-state index in [2.05, 4.69) is 32.2 Å². The van der Waals surface area contributed by atoms with E-state index in [-0.39, 0.29) is 0 Å². The molecule has 3 heteroatoms. The Bertz CT molecular complexity index is 386. The predicted molar refractivity (Wildman–Crippen MR) is 75.0 cm³/mol. The van der Waals surface area contributed by atoms with Crippen molar-refractivity contribution in [2.24, 2.45) is 11.7 Å². The third-order valence-corrected chi connectivity index (χ3v) is 3.04. The summed E-state index contributed by atoms with van der Waals surface area (Å²) in [5, 5.41) is 3.45. The molecule has 0 aromatic heterocycles. The van der Waals surface area contributed by atoms with Gasteiger partial charge in [-0.15, -0.1) is 0 Å². The zero-order chi connectivity index (χ0) is 12.3. The summed E-state index contributed by atoms with van der Waals surface area (Å²) in [5.74, 6) is 0.570. The van der Waals surface area contributed by atoms with Gasteiger partial charge >= 0.3 is 0 Å². The molecule has 0 aliphatic heterocycles. The molecule has 1 atom stereocenters. The average molecular weight is 236 g/mol. The fourth-order valence-corrected chi connectivity index (χ4v) is 1.57. The Kier molecular flexibility index (Phi) is 4.30. The van der Waals surface area contributed by atoms with Crippen molar-refractivity contribution in [2.75, 3.05) is 5.32 Å². The Labute approximate surface area is 103 Å². The minimum Gasteiger partial charge on any atom is -0.389 e. The normalized spacial score (nSPS) is 12.6. The lowest BCUT2D eigenvalue weighted by Crippen LogP contribution is -2.23. The van der Waals surface area contributed by atoms with Crippen LogP contribution in [0.5, 0.6) is 0 Å². The average Bonchev–Trinajstić information content (AvgIpc) is 2.20. The van der Waals surface area contributed by atoms with Crippen LogP contribution in [0.25, 0.3) is 0 Å². The van der Waals surface area contributed by atoms with Gasteiger partial charge in [-0.05, 0) is 31.9 Å². The maximum absolute atomic E-state index is 5.73. The molecule has 1 unspecified atom stereocenters. The van der Waals surface area contributed by atoms with Crippen molar-refractivity contribution in [2.45, 2.75) is 33.7 Å². The second kappa shape index (κ2) is 5.30. The smallest absolute Gasteiger partial charge is 0.106 e. The first-order valence-corrected chi connectivity index (χ1v) is 5.99. The molecule has 0 radical (unpaired) electrons. The van der Waals surface area contributed by atoms with Crippen LogP contribution in [0.1, 0.15) is 31.9 Å². The second-order valence-electron chi connectivity index (χ2n) is 4.59. The van der Waals surface area contributed by atoms with E-state index in [1.165, 1.54) is 5.56 Å². The van der Waals surface area contributed by atoms with Crippen molar-refractivity contribution < 1.29 is 0 Å². The molecule has 1 aromatic rings. The number of nitrogens with two attached hydrogens (primary N) is 1. The van der Waals surface area contributed by atoms with Crippen molar-refractivity contribution in [1.29, 1.82) is 0 Å². The maximum Gasteiger partial charge on any atom is 0.106 e. The van der Waals surface area contributed by atoms with Crippen LogP contribution in [0, 0.1) is 12.8 Å². The number of thiocarbonyl (C=S) groups is 1. The van der Waals surface area contributed by atoms with E-state index in [4.69, 9.17) is 18.0 Å². The van der Waals surface area contributed by atoms with Crippen molar-refractivity contribution in [3.05, 3.63) is 29.3 Å². The molecule has 0 aliphatic rings. The van der Waals surface area contributed by atoms with Crippen molar-refractivity contribution in [1.82, 2.24) is 0 Å². The molecular weight excluding hydrogens is 216 g/mol. The highest BCUT2D eigenvalue weighted by atomic mass is 32.1. The third kappa shape index (κ3) is 3.20. The van der Waals surface area contributed by atoms with Gasteiger partial charge in [0, 0.05) is 17.3 Å². The van der Waals surface area contributed by atoms with Crippen molar-refractivity contribution in [3.63, 3.8) is 0 Å². The summed E-state index contributed by atoms with van der Waals surface area (Å²) in [7, 11) is 0. The van der Waals surface area contributed by atoms with Crippen LogP contribution in [0.15, 0.2) is 18.2 Å². The maximum atomic E-state index is 5.73. The van der Waals surface area contributed by atoms with Crippen LogP contribution >= 0.6 is 12.2 Å². The summed E-state index contributed by atoms with van der Waals surface area (Å²) >= 11 is 5.07. The summed E-state index contributed by atoms with van der Waals surface area (Å²) in [4.78, 5) is 0.446. The molecule has 2 nitrogen and oxygen atoms in total. The Hall–Kier alpha value is -1.09. The van der Waals surface area contributed by atoms with Gasteiger partial charge in [-0.25, -0.2) is 0 Å². The van der Waals surface area contributed by atoms with Crippen LogP contribution < -0.4 is 11.1 Å². The number of hydrogen-bond acceptors (Lipinski definition) is 2. The van der Waals surface area contributed by atoms with Gasteiger partial charge in [0.25, 0.3) is 0 Å². The lowest BCUT2D eigenvalue weighted by molar-refractivity contribution is 0.560. The molecule has 16 heavy (non-hydrogen) atoms. The number of hydrogen-bond donors (Lipinski definition) is 2. The van der Waals surface area contributed by atoms with E-state index < -0.39 is 0 Å². The van der Waals surface area contributed by atoms with Gasteiger partial charge < -0.3 is 11.1 Å². The first-order chi connectivity index (χ1) is 7.41. The first-order valence-electron chi connectivity index (χ1n) is 5.58. The zero-order valence-electron chi connectivity index (χ0n) is 10.4. The van der Waals surface area contributed by atoms with Crippen LogP contribution in [0.2, 0.25) is 0 Å². The van der Waals surface area contributed by atoms with Gasteiger partial charge in [0.15, 0.2) is 0 Å². The molecule has 0 saturated carbocycles. The van der Waals surface area contributed by atoms with E-state index in [9.17, 15) is 0 Å². The number of nitrogens with one attached hydrogen (secondary N) is 1. The second-order valence-corrected chi connectivity index (χ2v) is 5.03. The van der Waals surface area contributed by atoms with E-state index in [0.29, 0.717) is 16.9 Å². The van der Waals surface area contributed by atoms with Crippen LogP contribution in [0.4, 0.5) is 5.69 Å². The fraction of sp³-hybridized carbons (Fsp3) is 0.462. The molecule has 0 amide bonds. The van der Waals surface area contributed by atoms with Gasteiger partial charge in [-0.3, -0.25) is 0 Å². The highest BCUT2D eigenvalue weighted by molar-refractivity contribution is 7.80. The Morgan fingerprint density at radius 3 is 2.44 bits per heavy atom. The van der Waals surface area contributed by atoms with Crippen molar-refractivity contribution >= 4 is 22.9 Å². The van der Waals surface area contributed by atoms with Gasteiger partial charge in [-0.1, -0.05) is 37.7 Å². The minimum atomic E-state index is 0.399. The van der Waals surface area contributed by atoms with E-state index in [0.717, 1.165) is 11.3 Å². The third-order valence-electron chi connectivity index (χ3n) is 2.82. The summed E-state index contributed by atoms with van der Waals surface area (Å²) < 4.78 is 0. The fourth-order valence-electron chi connectivity index (χ4n) is 1.40. The highest BCUT2D eigenvalue weighted by Gasteiger charge is 2.10. The highest BCUT2D eigenvalue weighted by Crippen LogP contribution is 2.19. The minimum absolute atomic E-state index is 0.399. The predicted octanol–water partition coefficient (Wildman–Crippen LogP) is 3.09.